The molecule has 0 radical (unpaired) electrons. The monoisotopic (exact) mass is 375 g/mol. The number of hydrogen-bond donors (Lipinski definition) is 2. The molecule has 8 heteroatoms. The highest BCUT2D eigenvalue weighted by Gasteiger charge is 2.31. The van der Waals surface area contributed by atoms with E-state index in [0.717, 1.165) is 11.3 Å². The van der Waals surface area contributed by atoms with Crippen molar-refractivity contribution in [2.24, 2.45) is 0 Å². The van der Waals surface area contributed by atoms with Gasteiger partial charge in [0.1, 0.15) is 5.82 Å². The van der Waals surface area contributed by atoms with E-state index in [1.54, 1.807) is 13.2 Å². The molecular formula is C18H21N3O4S. The van der Waals surface area contributed by atoms with Gasteiger partial charge in [-0.2, -0.15) is 0 Å². The minimum Gasteiger partial charge on any atom is -0.493 e. The van der Waals surface area contributed by atoms with Crippen molar-refractivity contribution in [3.05, 3.63) is 39.7 Å². The molecule has 0 saturated carbocycles. The topological polar surface area (TPSA) is 93.3 Å². The summed E-state index contributed by atoms with van der Waals surface area (Å²) >= 11 is 1.42. The fraction of sp³-hybridized carbons (Fsp3) is 0.389. The van der Waals surface area contributed by atoms with Crippen molar-refractivity contribution in [1.29, 1.82) is 0 Å². The van der Waals surface area contributed by atoms with Gasteiger partial charge in [0, 0.05) is 12.3 Å². The summed E-state index contributed by atoms with van der Waals surface area (Å²) in [5.41, 5.74) is 1.05. The maximum Gasteiger partial charge on any atom is 0.257 e. The van der Waals surface area contributed by atoms with Gasteiger partial charge in [0.05, 0.1) is 19.3 Å². The van der Waals surface area contributed by atoms with Crippen molar-refractivity contribution < 1.29 is 14.3 Å². The molecule has 1 aliphatic heterocycles. The number of benzene rings is 1. The third kappa shape index (κ3) is 3.55. The van der Waals surface area contributed by atoms with Crippen LogP contribution in [0.15, 0.2) is 28.2 Å². The van der Waals surface area contributed by atoms with Crippen molar-refractivity contribution in [2.45, 2.75) is 31.3 Å². The summed E-state index contributed by atoms with van der Waals surface area (Å²) in [6.07, 6.45) is 0.176. The van der Waals surface area contributed by atoms with Crippen LogP contribution in [0.3, 0.4) is 0 Å². The van der Waals surface area contributed by atoms with Crippen LogP contribution in [0.1, 0.15) is 37.3 Å². The first-order chi connectivity index (χ1) is 12.6. The van der Waals surface area contributed by atoms with Gasteiger partial charge in [-0.1, -0.05) is 24.8 Å². The Hall–Kier alpha value is -2.48. The largest absolute Gasteiger partial charge is 0.493 e. The van der Waals surface area contributed by atoms with E-state index in [-0.39, 0.29) is 23.8 Å². The molecule has 0 saturated heterocycles. The number of nitrogens with one attached hydrogen (secondary N) is 2. The lowest BCUT2D eigenvalue weighted by Crippen LogP contribution is -2.31. The van der Waals surface area contributed by atoms with E-state index in [1.807, 2.05) is 26.0 Å². The third-order valence-corrected chi connectivity index (χ3v) is 4.86. The van der Waals surface area contributed by atoms with E-state index >= 15 is 0 Å². The Morgan fingerprint density at radius 2 is 2.08 bits per heavy atom. The molecule has 1 atom stereocenters. The molecule has 2 heterocycles. The summed E-state index contributed by atoms with van der Waals surface area (Å²) in [6.45, 7) is 4.38. The Bertz CT molecular complexity index is 881. The molecule has 7 nitrogen and oxygen atoms in total. The van der Waals surface area contributed by atoms with Gasteiger partial charge < -0.3 is 19.8 Å². The first kappa shape index (κ1) is 18.3. The number of carbonyl (C=O) groups excluding carboxylic acids is 1. The highest BCUT2D eigenvalue weighted by Crippen LogP contribution is 2.38. The highest BCUT2D eigenvalue weighted by molar-refractivity contribution is 7.99. The van der Waals surface area contributed by atoms with Gasteiger partial charge in [0.2, 0.25) is 5.91 Å². The first-order valence-corrected chi connectivity index (χ1v) is 9.43. The number of thioether (sulfide) groups is 1. The number of anilines is 1. The van der Waals surface area contributed by atoms with Crippen LogP contribution in [-0.4, -0.2) is 35.3 Å². The Morgan fingerprint density at radius 1 is 1.27 bits per heavy atom. The molecule has 1 aliphatic rings. The molecule has 1 unspecified atom stereocenters. The number of ether oxygens (including phenoxy) is 2. The number of nitrogens with zero attached hydrogens (tertiary/aromatic N) is 1. The maximum absolute atomic E-state index is 12.7. The quantitative estimate of drug-likeness (QED) is 0.596. The summed E-state index contributed by atoms with van der Waals surface area (Å²) in [4.78, 5) is 32.0. The van der Waals surface area contributed by atoms with Crippen LogP contribution < -0.4 is 20.3 Å². The Kier molecular flexibility index (Phi) is 5.51. The van der Waals surface area contributed by atoms with Crippen molar-refractivity contribution in [3.63, 3.8) is 0 Å². The second-order valence-corrected chi connectivity index (χ2v) is 6.97. The summed E-state index contributed by atoms with van der Waals surface area (Å²) in [7, 11) is 1.56. The number of aromatic amines is 1. The summed E-state index contributed by atoms with van der Waals surface area (Å²) in [5, 5.41) is 3.22. The molecule has 0 aliphatic carbocycles. The van der Waals surface area contributed by atoms with Gasteiger partial charge in [-0.25, -0.2) is 4.98 Å². The number of hydrogen-bond acceptors (Lipinski definition) is 6. The molecule has 2 N–H and O–H groups in total. The van der Waals surface area contributed by atoms with Crippen LogP contribution in [0.4, 0.5) is 5.82 Å². The van der Waals surface area contributed by atoms with Gasteiger partial charge in [-0.15, -0.1) is 0 Å². The predicted molar refractivity (Wildman–Crippen MR) is 101 cm³/mol. The van der Waals surface area contributed by atoms with E-state index in [0.29, 0.717) is 34.6 Å². The standard InChI is InChI=1S/C18H21N3O4S/c1-4-25-12-7-6-10(8-13(12)24-3)11-9-14(22)19-16-15(11)17(23)21-18(20-16)26-5-2/h6-8,11H,4-5,9H2,1-3H3,(H2,19,20,21,22,23). The second-order valence-electron chi connectivity index (χ2n) is 5.71. The van der Waals surface area contributed by atoms with Crippen LogP contribution in [-0.2, 0) is 4.79 Å². The second kappa shape index (κ2) is 7.82. The van der Waals surface area contributed by atoms with Gasteiger partial charge in [0.25, 0.3) is 5.56 Å². The lowest BCUT2D eigenvalue weighted by atomic mass is 9.86. The Balaban J connectivity index is 2.07. The molecule has 3 rings (SSSR count). The molecule has 1 amide bonds. The van der Waals surface area contributed by atoms with E-state index in [4.69, 9.17) is 9.47 Å². The zero-order valence-electron chi connectivity index (χ0n) is 14.9. The molecular weight excluding hydrogens is 354 g/mol. The molecule has 26 heavy (non-hydrogen) atoms. The van der Waals surface area contributed by atoms with E-state index in [1.165, 1.54) is 11.8 Å². The van der Waals surface area contributed by atoms with Crippen LogP contribution >= 0.6 is 11.8 Å². The average molecular weight is 375 g/mol. The summed E-state index contributed by atoms with van der Waals surface area (Å²) in [6, 6.07) is 5.47. The lowest BCUT2D eigenvalue weighted by Gasteiger charge is -2.25. The number of fused-ring (bicyclic) bond motifs is 1. The SMILES string of the molecule is CCOc1ccc(C2CC(=O)Nc3nc(SCC)[nH]c(=O)c32)cc1OC. The summed E-state index contributed by atoms with van der Waals surface area (Å²) in [5.74, 6) is 1.75. The Morgan fingerprint density at radius 3 is 2.77 bits per heavy atom. The predicted octanol–water partition coefficient (Wildman–Crippen LogP) is 2.76. The number of H-pyrrole nitrogens is 1. The number of carbonyl (C=O) groups is 1. The first-order valence-electron chi connectivity index (χ1n) is 8.44. The van der Waals surface area contributed by atoms with E-state index < -0.39 is 0 Å². The van der Waals surface area contributed by atoms with Crippen LogP contribution in [0.25, 0.3) is 0 Å². The molecule has 0 spiro atoms. The minimum atomic E-state index is -0.389. The lowest BCUT2D eigenvalue weighted by molar-refractivity contribution is -0.116. The third-order valence-electron chi connectivity index (χ3n) is 4.10. The van der Waals surface area contributed by atoms with Crippen LogP contribution in [0.2, 0.25) is 0 Å². The minimum absolute atomic E-state index is 0.166. The zero-order valence-corrected chi connectivity index (χ0v) is 15.7. The van der Waals surface area contributed by atoms with E-state index in [2.05, 4.69) is 15.3 Å². The van der Waals surface area contributed by atoms with Gasteiger partial charge in [-0.05, 0) is 30.4 Å². The molecule has 0 fully saturated rings. The average Bonchev–Trinajstić information content (AvgIpc) is 2.61. The number of methoxy groups -OCH3 is 1. The molecule has 2 aromatic rings. The van der Waals surface area contributed by atoms with Crippen molar-refractivity contribution in [2.75, 3.05) is 24.8 Å². The van der Waals surface area contributed by atoms with Crippen LogP contribution in [0, 0.1) is 0 Å². The van der Waals surface area contributed by atoms with Gasteiger partial charge in [0.15, 0.2) is 16.7 Å². The molecule has 1 aromatic heterocycles. The highest BCUT2D eigenvalue weighted by atomic mass is 32.2. The van der Waals surface area contributed by atoms with Crippen molar-refractivity contribution >= 4 is 23.5 Å². The fourth-order valence-electron chi connectivity index (χ4n) is 3.02. The summed E-state index contributed by atoms with van der Waals surface area (Å²) < 4.78 is 10.9. The molecule has 0 bridgehead atoms. The van der Waals surface area contributed by atoms with Gasteiger partial charge >= 0.3 is 0 Å². The Labute approximate surface area is 155 Å². The molecule has 1 aromatic carbocycles. The number of rotatable bonds is 6. The van der Waals surface area contributed by atoms with Crippen molar-refractivity contribution in [3.8, 4) is 11.5 Å². The molecule has 138 valence electrons. The van der Waals surface area contributed by atoms with E-state index in [9.17, 15) is 9.59 Å². The number of amides is 1. The number of aromatic nitrogens is 2. The maximum atomic E-state index is 12.7. The van der Waals surface area contributed by atoms with Crippen LogP contribution in [0.5, 0.6) is 11.5 Å². The van der Waals surface area contributed by atoms with Crippen molar-refractivity contribution in [1.82, 2.24) is 9.97 Å². The van der Waals surface area contributed by atoms with Gasteiger partial charge in [-0.3, -0.25) is 9.59 Å². The zero-order chi connectivity index (χ0) is 18.7. The normalized spacial score (nSPS) is 16.0. The smallest absolute Gasteiger partial charge is 0.257 e. The fourth-order valence-corrected chi connectivity index (χ4v) is 3.61.